The molecule has 1 atom stereocenters. The summed E-state index contributed by atoms with van der Waals surface area (Å²) >= 11 is 1.33. The summed E-state index contributed by atoms with van der Waals surface area (Å²) in [5, 5.41) is 11.7. The van der Waals surface area contributed by atoms with Crippen LogP contribution in [0.15, 0.2) is 66.1 Å². The van der Waals surface area contributed by atoms with Crippen LogP contribution in [0, 0.1) is 11.7 Å². The number of benzene rings is 2. The van der Waals surface area contributed by atoms with Crippen LogP contribution in [0.25, 0.3) is 5.69 Å². The van der Waals surface area contributed by atoms with Gasteiger partial charge in [0, 0.05) is 5.69 Å². The number of rotatable bonds is 7. The fourth-order valence-electron chi connectivity index (χ4n) is 2.74. The largest absolute Gasteiger partial charge is 0.348 e. The van der Waals surface area contributed by atoms with Crippen LogP contribution in [0.3, 0.4) is 0 Å². The molecule has 0 aliphatic heterocycles. The molecule has 0 saturated carbocycles. The maximum atomic E-state index is 13.2. The summed E-state index contributed by atoms with van der Waals surface area (Å²) in [4.78, 5) is 12.5. The first kappa shape index (κ1) is 19.1. The molecule has 1 heterocycles. The number of amides is 1. The maximum Gasteiger partial charge on any atom is 0.230 e. The van der Waals surface area contributed by atoms with E-state index >= 15 is 0 Å². The summed E-state index contributed by atoms with van der Waals surface area (Å²) in [5.41, 5.74) is 1.83. The lowest BCUT2D eigenvalue weighted by molar-refractivity contribution is -0.119. The number of nitrogens with one attached hydrogen (secondary N) is 1. The highest BCUT2D eigenvalue weighted by Gasteiger charge is 2.19. The third kappa shape index (κ3) is 4.95. The molecule has 1 amide bonds. The third-order valence-electron chi connectivity index (χ3n) is 4.10. The lowest BCUT2D eigenvalue weighted by Crippen LogP contribution is -2.33. The van der Waals surface area contributed by atoms with E-state index in [2.05, 4.69) is 15.5 Å². The highest BCUT2D eigenvalue weighted by molar-refractivity contribution is 7.99. The molecule has 3 rings (SSSR count). The Morgan fingerprint density at radius 3 is 2.52 bits per heavy atom. The van der Waals surface area contributed by atoms with Gasteiger partial charge in [-0.25, -0.2) is 4.39 Å². The predicted molar refractivity (Wildman–Crippen MR) is 104 cm³/mol. The Kier molecular flexibility index (Phi) is 6.24. The fraction of sp³-hybridized carbons (Fsp3) is 0.250. The average Bonchev–Trinajstić information content (AvgIpc) is 3.14. The molecule has 1 N–H and O–H groups in total. The van der Waals surface area contributed by atoms with E-state index in [1.807, 2.05) is 48.7 Å². The molecular formula is C20H21FN4OS. The van der Waals surface area contributed by atoms with Gasteiger partial charge in [0.2, 0.25) is 5.91 Å². The Labute approximate surface area is 162 Å². The molecule has 2 aromatic carbocycles. The van der Waals surface area contributed by atoms with Crippen molar-refractivity contribution in [2.75, 3.05) is 5.75 Å². The lowest BCUT2D eigenvalue weighted by Gasteiger charge is -2.23. The summed E-state index contributed by atoms with van der Waals surface area (Å²) in [6.07, 6.45) is 1.63. The Balaban J connectivity index is 1.64. The van der Waals surface area contributed by atoms with Gasteiger partial charge >= 0.3 is 0 Å². The Hall–Kier alpha value is -2.67. The summed E-state index contributed by atoms with van der Waals surface area (Å²) < 4.78 is 15.0. The first-order valence-corrected chi connectivity index (χ1v) is 9.66. The molecule has 0 radical (unpaired) electrons. The van der Waals surface area contributed by atoms with E-state index in [0.717, 1.165) is 11.3 Å². The molecule has 27 heavy (non-hydrogen) atoms. The molecule has 5 nitrogen and oxygen atoms in total. The molecule has 0 fully saturated rings. The van der Waals surface area contributed by atoms with Crippen LogP contribution in [0.5, 0.6) is 0 Å². The first-order valence-electron chi connectivity index (χ1n) is 8.67. The smallest absolute Gasteiger partial charge is 0.230 e. The predicted octanol–water partition coefficient (Wildman–Crippen LogP) is 4.01. The van der Waals surface area contributed by atoms with Crippen LogP contribution in [0.4, 0.5) is 4.39 Å². The van der Waals surface area contributed by atoms with Crippen molar-refractivity contribution in [1.29, 1.82) is 0 Å². The van der Waals surface area contributed by atoms with E-state index < -0.39 is 0 Å². The van der Waals surface area contributed by atoms with Gasteiger partial charge in [0.25, 0.3) is 0 Å². The normalized spacial score (nSPS) is 12.1. The van der Waals surface area contributed by atoms with Gasteiger partial charge in [-0.15, -0.1) is 10.2 Å². The standard InChI is InChI=1S/C20H21FN4OS/c1-14(2)19(15-8-10-16(21)11-9-15)23-18(26)12-27-20-24-22-13-25(20)17-6-4-3-5-7-17/h3-11,13-14,19H,12H2,1-2H3,(H,23,26). The number of nitrogens with zero attached hydrogens (tertiary/aromatic N) is 3. The summed E-state index contributed by atoms with van der Waals surface area (Å²) in [5.74, 6) is 0.00191. The summed E-state index contributed by atoms with van der Waals surface area (Å²) in [6.45, 7) is 4.04. The molecule has 0 aliphatic rings. The van der Waals surface area contributed by atoms with Gasteiger partial charge in [-0.1, -0.05) is 55.9 Å². The van der Waals surface area contributed by atoms with Gasteiger partial charge < -0.3 is 5.32 Å². The highest BCUT2D eigenvalue weighted by atomic mass is 32.2. The van der Waals surface area contributed by atoms with Crippen LogP contribution in [0.1, 0.15) is 25.5 Å². The van der Waals surface area contributed by atoms with E-state index in [9.17, 15) is 9.18 Å². The second-order valence-electron chi connectivity index (χ2n) is 6.45. The van der Waals surface area contributed by atoms with E-state index in [4.69, 9.17) is 0 Å². The Morgan fingerprint density at radius 2 is 1.85 bits per heavy atom. The van der Waals surface area contributed by atoms with E-state index in [-0.39, 0.29) is 29.4 Å². The number of aromatic nitrogens is 3. The number of carbonyl (C=O) groups is 1. The van der Waals surface area contributed by atoms with E-state index in [0.29, 0.717) is 5.16 Å². The van der Waals surface area contributed by atoms with Crippen molar-refractivity contribution >= 4 is 17.7 Å². The number of thioether (sulfide) groups is 1. The van der Waals surface area contributed by atoms with Crippen molar-refractivity contribution in [1.82, 2.24) is 20.1 Å². The first-order chi connectivity index (χ1) is 13.0. The Bertz CT molecular complexity index is 881. The van der Waals surface area contributed by atoms with Crippen LogP contribution < -0.4 is 5.32 Å². The van der Waals surface area contributed by atoms with E-state index in [1.54, 1.807) is 18.5 Å². The number of para-hydroxylation sites is 1. The minimum atomic E-state index is -0.289. The van der Waals surface area contributed by atoms with Crippen LogP contribution in [0.2, 0.25) is 0 Å². The molecule has 1 unspecified atom stereocenters. The minimum absolute atomic E-state index is 0.106. The number of carbonyl (C=O) groups excluding carboxylic acids is 1. The summed E-state index contributed by atoms with van der Waals surface area (Å²) in [6, 6.07) is 15.8. The number of hydrogen-bond donors (Lipinski definition) is 1. The average molecular weight is 384 g/mol. The molecule has 7 heteroatoms. The molecular weight excluding hydrogens is 363 g/mol. The second-order valence-corrected chi connectivity index (χ2v) is 7.39. The van der Waals surface area contributed by atoms with Crippen LogP contribution in [-0.4, -0.2) is 26.4 Å². The molecule has 0 bridgehead atoms. The lowest BCUT2D eigenvalue weighted by atomic mass is 9.96. The molecule has 0 spiro atoms. The van der Waals surface area contributed by atoms with Gasteiger partial charge in [-0.2, -0.15) is 0 Å². The van der Waals surface area contributed by atoms with Gasteiger partial charge in [-0.05, 0) is 35.7 Å². The van der Waals surface area contributed by atoms with Crippen LogP contribution >= 0.6 is 11.8 Å². The SMILES string of the molecule is CC(C)C(NC(=O)CSc1nncn1-c1ccccc1)c1ccc(F)cc1. The van der Waals surface area contributed by atoms with Crippen molar-refractivity contribution in [3.8, 4) is 5.69 Å². The fourth-order valence-corrected chi connectivity index (χ4v) is 3.48. The molecule has 0 saturated heterocycles. The topological polar surface area (TPSA) is 59.8 Å². The van der Waals surface area contributed by atoms with Crippen molar-refractivity contribution in [2.24, 2.45) is 5.92 Å². The molecule has 140 valence electrons. The van der Waals surface area contributed by atoms with E-state index in [1.165, 1.54) is 23.9 Å². The molecule has 3 aromatic rings. The van der Waals surface area contributed by atoms with Gasteiger partial charge in [0.1, 0.15) is 12.1 Å². The van der Waals surface area contributed by atoms with Crippen LogP contribution in [-0.2, 0) is 4.79 Å². The van der Waals surface area contributed by atoms with Gasteiger partial charge in [0.15, 0.2) is 5.16 Å². The second kappa shape index (κ2) is 8.81. The zero-order chi connectivity index (χ0) is 19.2. The third-order valence-corrected chi connectivity index (χ3v) is 5.04. The number of halogens is 1. The zero-order valence-electron chi connectivity index (χ0n) is 15.2. The highest BCUT2D eigenvalue weighted by Crippen LogP contribution is 2.23. The zero-order valence-corrected chi connectivity index (χ0v) is 16.0. The molecule has 1 aromatic heterocycles. The van der Waals surface area contributed by atoms with Crippen molar-refractivity contribution in [3.05, 3.63) is 72.3 Å². The maximum absolute atomic E-state index is 13.2. The Morgan fingerprint density at radius 1 is 1.15 bits per heavy atom. The minimum Gasteiger partial charge on any atom is -0.348 e. The van der Waals surface area contributed by atoms with Crippen molar-refractivity contribution in [3.63, 3.8) is 0 Å². The molecule has 0 aliphatic carbocycles. The monoisotopic (exact) mass is 384 g/mol. The van der Waals surface area contributed by atoms with Crippen molar-refractivity contribution < 1.29 is 9.18 Å². The summed E-state index contributed by atoms with van der Waals surface area (Å²) in [7, 11) is 0. The number of hydrogen-bond acceptors (Lipinski definition) is 4. The van der Waals surface area contributed by atoms with Gasteiger partial charge in [-0.3, -0.25) is 9.36 Å². The van der Waals surface area contributed by atoms with Crippen molar-refractivity contribution in [2.45, 2.75) is 25.0 Å². The quantitative estimate of drug-likeness (QED) is 0.625. The van der Waals surface area contributed by atoms with Gasteiger partial charge in [0.05, 0.1) is 11.8 Å².